The molecule has 1 heteroatoms. The Balaban J connectivity index is 2.01. The van der Waals surface area contributed by atoms with Crippen LogP contribution < -0.4 is 0 Å². The van der Waals surface area contributed by atoms with Crippen LogP contribution in [0.4, 0.5) is 0 Å². The van der Waals surface area contributed by atoms with Gasteiger partial charge in [-0.25, -0.2) is 0 Å². The highest BCUT2D eigenvalue weighted by Crippen LogP contribution is 2.44. The van der Waals surface area contributed by atoms with Gasteiger partial charge in [0.15, 0.2) is 0 Å². The van der Waals surface area contributed by atoms with E-state index >= 15 is 0 Å². The van der Waals surface area contributed by atoms with Gasteiger partial charge in [0.25, 0.3) is 0 Å². The molecule has 0 aliphatic heterocycles. The van der Waals surface area contributed by atoms with E-state index in [1.165, 1.54) is 46.1 Å². The maximum atomic E-state index is 2.44. The summed E-state index contributed by atoms with van der Waals surface area (Å²) in [5.41, 5.74) is 9.05. The zero-order valence-electron chi connectivity index (χ0n) is 13.5. The highest BCUT2D eigenvalue weighted by molar-refractivity contribution is 5.98. The van der Waals surface area contributed by atoms with Crippen LogP contribution in [-0.4, -0.2) is 4.57 Å². The SMILES string of the molecule is Cn1c2c(c3cc(C(C)(C)C)ccc31)CC1=CCCC=C12. The van der Waals surface area contributed by atoms with E-state index in [0.717, 1.165) is 6.42 Å². The molecule has 4 rings (SSSR count). The van der Waals surface area contributed by atoms with Gasteiger partial charge in [0.2, 0.25) is 0 Å². The number of aromatic nitrogens is 1. The molecule has 0 fully saturated rings. The van der Waals surface area contributed by atoms with Crippen LogP contribution >= 0.6 is 0 Å². The second-order valence-electron chi connectivity index (χ2n) is 7.47. The average Bonchev–Trinajstić information content (AvgIpc) is 2.95. The molecule has 1 aromatic carbocycles. The third kappa shape index (κ3) is 1.76. The van der Waals surface area contributed by atoms with Crippen molar-refractivity contribution >= 4 is 16.5 Å². The Labute approximate surface area is 127 Å². The van der Waals surface area contributed by atoms with E-state index < -0.39 is 0 Å². The van der Waals surface area contributed by atoms with Gasteiger partial charge in [-0.2, -0.15) is 0 Å². The van der Waals surface area contributed by atoms with Crippen LogP contribution in [0, 0.1) is 0 Å². The minimum Gasteiger partial charge on any atom is -0.343 e. The van der Waals surface area contributed by atoms with Crippen LogP contribution in [0.3, 0.4) is 0 Å². The number of rotatable bonds is 0. The van der Waals surface area contributed by atoms with Crippen LogP contribution in [-0.2, 0) is 18.9 Å². The zero-order valence-corrected chi connectivity index (χ0v) is 13.5. The Hall–Kier alpha value is -1.76. The number of hydrogen-bond acceptors (Lipinski definition) is 0. The van der Waals surface area contributed by atoms with Crippen molar-refractivity contribution in [3.63, 3.8) is 0 Å². The van der Waals surface area contributed by atoms with Crippen LogP contribution in [0.15, 0.2) is 35.9 Å². The van der Waals surface area contributed by atoms with Gasteiger partial charge >= 0.3 is 0 Å². The van der Waals surface area contributed by atoms with Gasteiger partial charge in [-0.15, -0.1) is 0 Å². The summed E-state index contributed by atoms with van der Waals surface area (Å²) in [7, 11) is 2.22. The molecular formula is C20H23N. The van der Waals surface area contributed by atoms with Gasteiger partial charge < -0.3 is 4.57 Å². The highest BCUT2D eigenvalue weighted by atomic mass is 15.0. The number of aryl methyl sites for hydroxylation is 1. The normalized spacial score (nSPS) is 17.5. The molecular weight excluding hydrogens is 254 g/mol. The number of hydrogen-bond donors (Lipinski definition) is 0. The maximum absolute atomic E-state index is 2.44. The van der Waals surface area contributed by atoms with Crippen LogP contribution in [0.2, 0.25) is 0 Å². The third-order valence-electron chi connectivity index (χ3n) is 5.04. The van der Waals surface area contributed by atoms with E-state index in [1.807, 2.05) is 0 Å². The van der Waals surface area contributed by atoms with Gasteiger partial charge in [-0.3, -0.25) is 0 Å². The first kappa shape index (κ1) is 12.9. The van der Waals surface area contributed by atoms with E-state index in [4.69, 9.17) is 0 Å². The molecule has 0 atom stereocenters. The fraction of sp³-hybridized carbons (Fsp3) is 0.400. The molecule has 1 aromatic heterocycles. The molecule has 0 saturated heterocycles. The molecule has 0 amide bonds. The van der Waals surface area contributed by atoms with Gasteiger partial charge in [0, 0.05) is 24.4 Å². The molecule has 2 aliphatic carbocycles. The first-order valence-electron chi connectivity index (χ1n) is 7.98. The summed E-state index contributed by atoms with van der Waals surface area (Å²) in [5, 5.41) is 1.45. The van der Waals surface area contributed by atoms with Crippen molar-refractivity contribution in [2.24, 2.45) is 7.05 Å². The van der Waals surface area contributed by atoms with Crippen molar-refractivity contribution in [3.8, 4) is 0 Å². The number of allylic oxidation sites excluding steroid dienone is 4. The molecule has 108 valence electrons. The Kier molecular flexibility index (Phi) is 2.54. The molecule has 0 spiro atoms. The fourth-order valence-corrected chi connectivity index (χ4v) is 3.84. The predicted octanol–water partition coefficient (Wildman–Crippen LogP) is 5.14. The van der Waals surface area contributed by atoms with Crippen molar-refractivity contribution in [3.05, 3.63) is 52.7 Å². The summed E-state index contributed by atoms with van der Waals surface area (Å²) in [4.78, 5) is 0. The Morgan fingerprint density at radius 3 is 2.57 bits per heavy atom. The molecule has 1 nitrogen and oxygen atoms in total. The van der Waals surface area contributed by atoms with Crippen LogP contribution in [0.5, 0.6) is 0 Å². The van der Waals surface area contributed by atoms with Gasteiger partial charge in [-0.05, 0) is 52.7 Å². The average molecular weight is 277 g/mol. The van der Waals surface area contributed by atoms with Crippen molar-refractivity contribution in [2.45, 2.75) is 45.4 Å². The molecule has 0 N–H and O–H groups in total. The largest absolute Gasteiger partial charge is 0.343 e. The molecule has 2 aromatic rings. The molecule has 0 radical (unpaired) electrons. The lowest BCUT2D eigenvalue weighted by molar-refractivity contribution is 0.591. The van der Waals surface area contributed by atoms with Crippen molar-refractivity contribution in [1.29, 1.82) is 0 Å². The van der Waals surface area contributed by atoms with Crippen LogP contribution in [0.25, 0.3) is 16.5 Å². The topological polar surface area (TPSA) is 4.93 Å². The van der Waals surface area contributed by atoms with E-state index in [-0.39, 0.29) is 5.41 Å². The molecule has 0 bridgehead atoms. The monoisotopic (exact) mass is 277 g/mol. The van der Waals surface area contributed by atoms with Gasteiger partial charge in [0.05, 0.1) is 5.69 Å². The van der Waals surface area contributed by atoms with Crippen molar-refractivity contribution in [2.75, 3.05) is 0 Å². The maximum Gasteiger partial charge on any atom is 0.0524 e. The second kappa shape index (κ2) is 4.13. The Morgan fingerprint density at radius 1 is 1.05 bits per heavy atom. The fourth-order valence-electron chi connectivity index (χ4n) is 3.84. The van der Waals surface area contributed by atoms with E-state index in [2.05, 4.69) is 62.7 Å². The summed E-state index contributed by atoms with van der Waals surface area (Å²) >= 11 is 0. The first-order chi connectivity index (χ1) is 9.97. The Bertz CT molecular complexity index is 806. The molecule has 1 heterocycles. The predicted molar refractivity (Wildman–Crippen MR) is 90.6 cm³/mol. The lowest BCUT2D eigenvalue weighted by atomic mass is 9.86. The van der Waals surface area contributed by atoms with E-state index in [9.17, 15) is 0 Å². The summed E-state index contributed by atoms with van der Waals surface area (Å²) < 4.78 is 2.40. The summed E-state index contributed by atoms with van der Waals surface area (Å²) in [6.07, 6.45) is 8.39. The molecule has 21 heavy (non-hydrogen) atoms. The summed E-state index contributed by atoms with van der Waals surface area (Å²) in [6.45, 7) is 6.88. The van der Waals surface area contributed by atoms with Crippen molar-refractivity contribution in [1.82, 2.24) is 4.57 Å². The minimum atomic E-state index is 0.209. The quantitative estimate of drug-likeness (QED) is 0.628. The summed E-state index contributed by atoms with van der Waals surface area (Å²) in [5.74, 6) is 0. The van der Waals surface area contributed by atoms with Crippen molar-refractivity contribution < 1.29 is 0 Å². The Morgan fingerprint density at radius 2 is 1.81 bits per heavy atom. The van der Waals surface area contributed by atoms with Gasteiger partial charge in [0.1, 0.15) is 0 Å². The smallest absolute Gasteiger partial charge is 0.0524 e. The second-order valence-corrected chi connectivity index (χ2v) is 7.47. The highest BCUT2D eigenvalue weighted by Gasteiger charge is 2.29. The first-order valence-corrected chi connectivity index (χ1v) is 7.98. The van der Waals surface area contributed by atoms with E-state index in [1.54, 1.807) is 5.57 Å². The van der Waals surface area contributed by atoms with Crippen LogP contribution in [0.1, 0.15) is 50.4 Å². The standard InChI is InChI=1S/C20H23N/c1-20(2,3)14-9-10-18-16(12-14)17-11-13-7-5-6-8-15(13)19(17)21(18)4/h7-10,12H,5-6,11H2,1-4H3. The molecule has 2 aliphatic rings. The number of nitrogens with zero attached hydrogens (tertiary/aromatic N) is 1. The third-order valence-corrected chi connectivity index (χ3v) is 5.04. The summed E-state index contributed by atoms with van der Waals surface area (Å²) in [6, 6.07) is 7.02. The lowest BCUT2D eigenvalue weighted by Crippen LogP contribution is -2.10. The minimum absolute atomic E-state index is 0.209. The molecule has 0 unspecified atom stereocenters. The molecule has 0 saturated carbocycles. The van der Waals surface area contributed by atoms with Gasteiger partial charge in [-0.1, -0.05) is 39.0 Å². The van der Waals surface area contributed by atoms with E-state index in [0.29, 0.717) is 0 Å². The lowest BCUT2D eigenvalue weighted by Gasteiger charge is -2.19. The number of benzene rings is 1. The number of fused-ring (bicyclic) bond motifs is 5. The zero-order chi connectivity index (χ0) is 14.8.